The first-order chi connectivity index (χ1) is 12.0. The molecule has 0 radical (unpaired) electrons. The van der Waals surface area contributed by atoms with E-state index in [0.717, 1.165) is 23.3 Å². The first-order valence-corrected chi connectivity index (χ1v) is 7.90. The molecule has 0 spiro atoms. The minimum absolute atomic E-state index is 0.0205. The van der Waals surface area contributed by atoms with Gasteiger partial charge < -0.3 is 10.1 Å². The standard InChI is InChI=1S/C19H20N2O4/c1-3-18(15-7-11-17(25-2)12-8-15)20-19(22)13-6-14-4-9-16(10-5-14)21(23)24/h4-13,18H,3H2,1-2H3,(H,20,22)/b13-6+/t18-/m1/s1. The number of non-ortho nitro benzene ring substituents is 1. The Balaban J connectivity index is 2.00. The summed E-state index contributed by atoms with van der Waals surface area (Å²) in [6.45, 7) is 2.00. The molecule has 0 aromatic heterocycles. The number of ether oxygens (including phenoxy) is 1. The summed E-state index contributed by atoms with van der Waals surface area (Å²) in [5, 5.41) is 13.6. The first kappa shape index (κ1) is 18.2. The maximum absolute atomic E-state index is 12.1. The van der Waals surface area contributed by atoms with Crippen molar-refractivity contribution in [3.63, 3.8) is 0 Å². The lowest BCUT2D eigenvalue weighted by atomic mass is 10.0. The fourth-order valence-corrected chi connectivity index (χ4v) is 2.36. The molecule has 0 bridgehead atoms. The van der Waals surface area contributed by atoms with Crippen molar-refractivity contribution < 1.29 is 14.5 Å². The number of carbonyl (C=O) groups excluding carboxylic acids is 1. The van der Waals surface area contributed by atoms with Gasteiger partial charge in [0.25, 0.3) is 5.69 Å². The van der Waals surface area contributed by atoms with Gasteiger partial charge in [-0.05, 0) is 47.9 Å². The van der Waals surface area contributed by atoms with Crippen LogP contribution in [0, 0.1) is 10.1 Å². The van der Waals surface area contributed by atoms with Crippen LogP contribution < -0.4 is 10.1 Å². The number of nitro groups is 1. The molecule has 0 aliphatic carbocycles. The molecule has 2 rings (SSSR count). The third kappa shape index (κ3) is 5.17. The number of nitrogens with zero attached hydrogens (tertiary/aromatic N) is 1. The Morgan fingerprint density at radius 1 is 1.20 bits per heavy atom. The Bertz CT molecular complexity index is 752. The van der Waals surface area contributed by atoms with Crippen LogP contribution in [0.5, 0.6) is 5.75 Å². The molecule has 1 amide bonds. The molecule has 6 nitrogen and oxygen atoms in total. The van der Waals surface area contributed by atoms with Crippen molar-refractivity contribution in [2.24, 2.45) is 0 Å². The number of nitrogens with one attached hydrogen (secondary N) is 1. The molecule has 0 aliphatic heterocycles. The lowest BCUT2D eigenvalue weighted by Gasteiger charge is -2.16. The highest BCUT2D eigenvalue weighted by Gasteiger charge is 2.11. The van der Waals surface area contributed by atoms with E-state index in [0.29, 0.717) is 0 Å². The fourth-order valence-electron chi connectivity index (χ4n) is 2.36. The number of benzene rings is 2. The van der Waals surface area contributed by atoms with Crippen molar-refractivity contribution in [1.29, 1.82) is 0 Å². The van der Waals surface area contributed by atoms with E-state index in [2.05, 4.69) is 5.32 Å². The minimum atomic E-state index is -0.457. The number of hydrogen-bond donors (Lipinski definition) is 1. The van der Waals surface area contributed by atoms with Gasteiger partial charge >= 0.3 is 0 Å². The van der Waals surface area contributed by atoms with Crippen LogP contribution in [-0.4, -0.2) is 17.9 Å². The average molecular weight is 340 g/mol. The molecule has 0 aliphatic rings. The molecule has 0 unspecified atom stereocenters. The molecule has 0 saturated carbocycles. The Kier molecular flexibility index (Phi) is 6.28. The Morgan fingerprint density at radius 2 is 1.84 bits per heavy atom. The topological polar surface area (TPSA) is 81.5 Å². The van der Waals surface area contributed by atoms with E-state index in [1.54, 1.807) is 25.3 Å². The second kappa shape index (κ2) is 8.63. The normalized spacial score (nSPS) is 11.9. The lowest BCUT2D eigenvalue weighted by molar-refractivity contribution is -0.384. The van der Waals surface area contributed by atoms with E-state index in [4.69, 9.17) is 4.74 Å². The summed E-state index contributed by atoms with van der Waals surface area (Å²) in [5.74, 6) is 0.545. The van der Waals surface area contributed by atoms with Gasteiger partial charge in [-0.15, -0.1) is 0 Å². The predicted molar refractivity (Wildman–Crippen MR) is 96.3 cm³/mol. The molecule has 25 heavy (non-hydrogen) atoms. The van der Waals surface area contributed by atoms with E-state index in [1.165, 1.54) is 18.2 Å². The molecule has 1 atom stereocenters. The third-order valence-corrected chi connectivity index (χ3v) is 3.77. The summed E-state index contributed by atoms with van der Waals surface area (Å²) >= 11 is 0. The van der Waals surface area contributed by atoms with Gasteiger partial charge in [0, 0.05) is 18.2 Å². The minimum Gasteiger partial charge on any atom is -0.497 e. The van der Waals surface area contributed by atoms with Gasteiger partial charge in [-0.2, -0.15) is 0 Å². The van der Waals surface area contributed by atoms with E-state index in [1.807, 2.05) is 31.2 Å². The first-order valence-electron chi connectivity index (χ1n) is 7.90. The van der Waals surface area contributed by atoms with Crippen LogP contribution in [0.3, 0.4) is 0 Å². The zero-order chi connectivity index (χ0) is 18.2. The largest absolute Gasteiger partial charge is 0.497 e. The predicted octanol–water partition coefficient (Wildman–Crippen LogP) is 3.88. The molecule has 2 aromatic carbocycles. The molecule has 0 fully saturated rings. The van der Waals surface area contributed by atoms with Crippen molar-refractivity contribution in [3.05, 3.63) is 75.8 Å². The van der Waals surface area contributed by atoms with Crippen LogP contribution in [0.25, 0.3) is 6.08 Å². The number of nitro benzene ring substituents is 1. The van der Waals surface area contributed by atoms with Crippen molar-refractivity contribution in [2.75, 3.05) is 7.11 Å². The van der Waals surface area contributed by atoms with E-state index < -0.39 is 4.92 Å². The molecule has 0 heterocycles. The highest BCUT2D eigenvalue weighted by molar-refractivity contribution is 5.92. The number of carbonyl (C=O) groups is 1. The zero-order valence-electron chi connectivity index (χ0n) is 14.1. The number of methoxy groups -OCH3 is 1. The van der Waals surface area contributed by atoms with Gasteiger partial charge in [-0.25, -0.2) is 0 Å². The van der Waals surface area contributed by atoms with Crippen LogP contribution in [0.1, 0.15) is 30.5 Å². The van der Waals surface area contributed by atoms with Gasteiger partial charge in [0.1, 0.15) is 5.75 Å². The van der Waals surface area contributed by atoms with Crippen LogP contribution in [0.15, 0.2) is 54.6 Å². The highest BCUT2D eigenvalue weighted by atomic mass is 16.6. The summed E-state index contributed by atoms with van der Waals surface area (Å²) in [4.78, 5) is 22.3. The molecule has 130 valence electrons. The summed E-state index contributed by atoms with van der Waals surface area (Å²) in [6, 6.07) is 13.5. The fraction of sp³-hybridized carbons (Fsp3) is 0.211. The summed E-state index contributed by atoms with van der Waals surface area (Å²) < 4.78 is 5.13. The quantitative estimate of drug-likeness (QED) is 0.471. The van der Waals surface area contributed by atoms with Gasteiger partial charge in [-0.1, -0.05) is 19.1 Å². The van der Waals surface area contributed by atoms with Crippen molar-refractivity contribution in [3.8, 4) is 5.75 Å². The average Bonchev–Trinajstić information content (AvgIpc) is 2.65. The van der Waals surface area contributed by atoms with Gasteiger partial charge in [-0.3, -0.25) is 14.9 Å². The van der Waals surface area contributed by atoms with Gasteiger partial charge in [0.2, 0.25) is 5.91 Å². The maximum Gasteiger partial charge on any atom is 0.269 e. The van der Waals surface area contributed by atoms with Crippen LogP contribution >= 0.6 is 0 Å². The number of amides is 1. The summed E-state index contributed by atoms with van der Waals surface area (Å²) in [6.07, 6.45) is 3.80. The van der Waals surface area contributed by atoms with Gasteiger partial charge in [0.05, 0.1) is 18.1 Å². The van der Waals surface area contributed by atoms with Crippen molar-refractivity contribution >= 4 is 17.7 Å². The molecule has 2 aromatic rings. The lowest BCUT2D eigenvalue weighted by Crippen LogP contribution is -2.26. The van der Waals surface area contributed by atoms with E-state index in [-0.39, 0.29) is 17.6 Å². The van der Waals surface area contributed by atoms with E-state index >= 15 is 0 Å². The van der Waals surface area contributed by atoms with Crippen LogP contribution in [-0.2, 0) is 4.79 Å². The monoisotopic (exact) mass is 340 g/mol. The smallest absolute Gasteiger partial charge is 0.269 e. The number of hydrogen-bond acceptors (Lipinski definition) is 4. The molecule has 1 N–H and O–H groups in total. The number of rotatable bonds is 7. The molecule has 6 heteroatoms. The van der Waals surface area contributed by atoms with Crippen LogP contribution in [0.4, 0.5) is 5.69 Å². The van der Waals surface area contributed by atoms with Crippen LogP contribution in [0.2, 0.25) is 0 Å². The second-order valence-corrected chi connectivity index (χ2v) is 5.42. The van der Waals surface area contributed by atoms with Gasteiger partial charge in [0.15, 0.2) is 0 Å². The Hall–Kier alpha value is -3.15. The summed E-state index contributed by atoms with van der Waals surface area (Å²) in [5.41, 5.74) is 1.74. The van der Waals surface area contributed by atoms with Crippen molar-refractivity contribution in [2.45, 2.75) is 19.4 Å². The molecular formula is C19H20N2O4. The van der Waals surface area contributed by atoms with E-state index in [9.17, 15) is 14.9 Å². The SMILES string of the molecule is CC[C@@H](NC(=O)/C=C/c1ccc([N+](=O)[O-])cc1)c1ccc(OC)cc1. The second-order valence-electron chi connectivity index (χ2n) is 5.42. The molecular weight excluding hydrogens is 320 g/mol. The van der Waals surface area contributed by atoms with Crippen molar-refractivity contribution in [1.82, 2.24) is 5.32 Å². The zero-order valence-corrected chi connectivity index (χ0v) is 14.1. The summed E-state index contributed by atoms with van der Waals surface area (Å²) in [7, 11) is 1.61. The Morgan fingerprint density at radius 3 is 2.36 bits per heavy atom. The maximum atomic E-state index is 12.1. The Labute approximate surface area is 146 Å². The third-order valence-electron chi connectivity index (χ3n) is 3.77. The molecule has 0 saturated heterocycles. The highest BCUT2D eigenvalue weighted by Crippen LogP contribution is 2.20.